The van der Waals surface area contributed by atoms with Crippen LogP contribution in [-0.2, 0) is 14.4 Å². The van der Waals surface area contributed by atoms with Gasteiger partial charge in [0.15, 0.2) is 6.61 Å². The first kappa shape index (κ1) is 18.6. The Labute approximate surface area is 167 Å². The molecule has 0 N–H and O–H groups in total. The molecule has 27 heavy (non-hydrogen) atoms. The summed E-state index contributed by atoms with van der Waals surface area (Å²) in [6.07, 6.45) is 3.71. The highest BCUT2D eigenvalue weighted by molar-refractivity contribution is 6.35. The molecule has 6 nitrogen and oxygen atoms in total. The van der Waals surface area contributed by atoms with Gasteiger partial charge in [-0.3, -0.25) is 19.3 Å². The molecule has 0 saturated carbocycles. The number of amides is 3. The van der Waals surface area contributed by atoms with Crippen LogP contribution >= 0.6 is 23.2 Å². The maximum absolute atomic E-state index is 12.8. The molecule has 3 saturated heterocycles. The van der Waals surface area contributed by atoms with E-state index in [2.05, 4.69) is 0 Å². The summed E-state index contributed by atoms with van der Waals surface area (Å²) in [5.74, 6) is 0.172. The van der Waals surface area contributed by atoms with Crippen molar-refractivity contribution >= 4 is 40.9 Å². The predicted molar refractivity (Wildman–Crippen MR) is 99.7 cm³/mol. The molecule has 3 fully saturated rings. The highest BCUT2D eigenvalue weighted by atomic mass is 35.5. The van der Waals surface area contributed by atoms with Gasteiger partial charge in [-0.15, -0.1) is 0 Å². The van der Waals surface area contributed by atoms with E-state index >= 15 is 0 Å². The van der Waals surface area contributed by atoms with Crippen LogP contribution in [0.4, 0.5) is 0 Å². The lowest BCUT2D eigenvalue weighted by molar-refractivity contribution is -0.145. The lowest BCUT2D eigenvalue weighted by atomic mass is 9.96. The number of piperidine rings is 1. The van der Waals surface area contributed by atoms with Gasteiger partial charge in [0.25, 0.3) is 5.91 Å². The minimum atomic E-state index is -0.0966. The molecule has 1 aromatic rings. The van der Waals surface area contributed by atoms with Crippen molar-refractivity contribution in [1.29, 1.82) is 0 Å². The number of rotatable bonds is 4. The SMILES string of the molecule is O=C1CCC(=O)N1C1C[C@H]2CC[C@@H](C1)N2C(=O)COc1ccc(Cl)cc1Cl. The second kappa shape index (κ2) is 7.32. The number of hydrogen-bond acceptors (Lipinski definition) is 4. The Kier molecular flexibility index (Phi) is 5.03. The maximum Gasteiger partial charge on any atom is 0.261 e. The summed E-state index contributed by atoms with van der Waals surface area (Å²) in [6, 6.07) is 4.89. The first-order valence-corrected chi connectivity index (χ1v) is 9.93. The summed E-state index contributed by atoms with van der Waals surface area (Å²) in [7, 11) is 0. The number of halogens is 2. The van der Waals surface area contributed by atoms with Crippen molar-refractivity contribution in [2.45, 2.75) is 56.7 Å². The van der Waals surface area contributed by atoms with Crippen LogP contribution in [0.3, 0.4) is 0 Å². The van der Waals surface area contributed by atoms with Crippen molar-refractivity contribution < 1.29 is 19.1 Å². The number of nitrogens with zero attached hydrogens (tertiary/aromatic N) is 2. The fourth-order valence-corrected chi connectivity index (χ4v) is 5.04. The largest absolute Gasteiger partial charge is 0.482 e. The summed E-state index contributed by atoms with van der Waals surface area (Å²) >= 11 is 12.0. The lowest BCUT2D eigenvalue weighted by Crippen LogP contribution is -2.54. The third-order valence-electron chi connectivity index (χ3n) is 5.70. The normalized spacial score (nSPS) is 27.4. The molecule has 0 aliphatic carbocycles. The Balaban J connectivity index is 1.40. The van der Waals surface area contributed by atoms with Crippen molar-refractivity contribution in [3.8, 4) is 5.75 Å². The minimum absolute atomic E-state index is 0.0479. The number of fused-ring (bicyclic) bond motifs is 2. The van der Waals surface area contributed by atoms with E-state index in [9.17, 15) is 14.4 Å². The number of imide groups is 1. The standard InChI is InChI=1S/C19H20Cl2N2O4/c20-11-1-4-16(15(21)7-11)27-10-19(26)22-12-2-3-13(22)9-14(8-12)23-17(24)5-6-18(23)25/h1,4,7,12-14H,2-3,5-6,8-10H2/t12-,13+,14?. The van der Waals surface area contributed by atoms with Gasteiger partial charge in [0.05, 0.1) is 5.02 Å². The summed E-state index contributed by atoms with van der Waals surface area (Å²) in [5.41, 5.74) is 0. The van der Waals surface area contributed by atoms with Gasteiger partial charge in [-0.25, -0.2) is 0 Å². The van der Waals surface area contributed by atoms with Crippen LogP contribution in [0.15, 0.2) is 18.2 Å². The van der Waals surface area contributed by atoms with Crippen LogP contribution in [0.2, 0.25) is 10.0 Å². The number of hydrogen-bond donors (Lipinski definition) is 0. The zero-order chi connectivity index (χ0) is 19.1. The first-order valence-electron chi connectivity index (χ1n) is 9.18. The molecule has 0 spiro atoms. The second-order valence-corrected chi connectivity index (χ2v) is 8.18. The van der Waals surface area contributed by atoms with E-state index < -0.39 is 0 Å². The molecule has 0 radical (unpaired) electrons. The average molecular weight is 411 g/mol. The van der Waals surface area contributed by atoms with Crippen molar-refractivity contribution in [2.24, 2.45) is 0 Å². The molecule has 2 bridgehead atoms. The van der Waals surface area contributed by atoms with Crippen LogP contribution in [-0.4, -0.2) is 52.3 Å². The van der Waals surface area contributed by atoms with Crippen molar-refractivity contribution in [3.05, 3.63) is 28.2 Å². The molecule has 3 amide bonds. The summed E-state index contributed by atoms with van der Waals surface area (Å²) in [5, 5.41) is 0.868. The highest BCUT2D eigenvalue weighted by Gasteiger charge is 2.47. The predicted octanol–water partition coefficient (Wildman–Crippen LogP) is 3.04. The Hall–Kier alpha value is -1.79. The van der Waals surface area contributed by atoms with Gasteiger partial charge >= 0.3 is 0 Å². The number of likely N-dealkylation sites (tertiary alicyclic amines) is 1. The molecule has 3 aliphatic heterocycles. The van der Waals surface area contributed by atoms with Crippen LogP contribution in [0.25, 0.3) is 0 Å². The van der Waals surface area contributed by atoms with Crippen LogP contribution < -0.4 is 4.74 Å². The molecule has 4 rings (SSSR count). The van der Waals surface area contributed by atoms with E-state index in [1.54, 1.807) is 18.2 Å². The van der Waals surface area contributed by atoms with Gasteiger partial charge < -0.3 is 9.64 Å². The molecule has 144 valence electrons. The Bertz CT molecular complexity index is 770. The molecule has 1 aromatic carbocycles. The third kappa shape index (κ3) is 3.52. The fourth-order valence-electron chi connectivity index (χ4n) is 4.57. The topological polar surface area (TPSA) is 66.9 Å². The van der Waals surface area contributed by atoms with E-state index in [1.807, 2.05) is 4.90 Å². The van der Waals surface area contributed by atoms with Gasteiger partial charge in [0.1, 0.15) is 5.75 Å². The summed E-state index contributed by atoms with van der Waals surface area (Å²) in [4.78, 5) is 40.1. The molecule has 8 heteroatoms. The van der Waals surface area contributed by atoms with E-state index in [-0.39, 0.29) is 42.5 Å². The van der Waals surface area contributed by atoms with Gasteiger partial charge in [-0.05, 0) is 43.9 Å². The van der Waals surface area contributed by atoms with E-state index in [0.29, 0.717) is 41.5 Å². The molecule has 3 atom stereocenters. The quantitative estimate of drug-likeness (QED) is 0.715. The second-order valence-electron chi connectivity index (χ2n) is 7.33. The minimum Gasteiger partial charge on any atom is -0.482 e. The van der Waals surface area contributed by atoms with Gasteiger partial charge in [0, 0.05) is 36.0 Å². The number of carbonyl (C=O) groups excluding carboxylic acids is 3. The number of ether oxygens (including phenoxy) is 1. The van der Waals surface area contributed by atoms with Crippen LogP contribution in [0, 0.1) is 0 Å². The summed E-state index contributed by atoms with van der Waals surface area (Å²) < 4.78 is 5.59. The molecular weight excluding hydrogens is 391 g/mol. The maximum atomic E-state index is 12.8. The third-order valence-corrected chi connectivity index (χ3v) is 6.23. The number of carbonyl (C=O) groups is 3. The van der Waals surface area contributed by atoms with Gasteiger partial charge in [-0.1, -0.05) is 23.2 Å². The molecule has 0 aromatic heterocycles. The Morgan fingerprint density at radius 2 is 1.67 bits per heavy atom. The van der Waals surface area contributed by atoms with E-state index in [4.69, 9.17) is 27.9 Å². The number of benzene rings is 1. The van der Waals surface area contributed by atoms with E-state index in [1.165, 1.54) is 4.90 Å². The first-order chi connectivity index (χ1) is 12.9. The van der Waals surface area contributed by atoms with Gasteiger partial charge in [-0.2, -0.15) is 0 Å². The highest BCUT2D eigenvalue weighted by Crippen LogP contribution is 2.39. The Morgan fingerprint density at radius 3 is 2.26 bits per heavy atom. The fraction of sp³-hybridized carbons (Fsp3) is 0.526. The zero-order valence-corrected chi connectivity index (χ0v) is 16.2. The average Bonchev–Trinajstić information content (AvgIpc) is 3.09. The molecular formula is C19H20Cl2N2O4. The van der Waals surface area contributed by atoms with Gasteiger partial charge in [0.2, 0.25) is 11.8 Å². The molecule has 3 aliphatic rings. The smallest absolute Gasteiger partial charge is 0.261 e. The van der Waals surface area contributed by atoms with Crippen molar-refractivity contribution in [2.75, 3.05) is 6.61 Å². The van der Waals surface area contributed by atoms with Crippen LogP contribution in [0.5, 0.6) is 5.75 Å². The van der Waals surface area contributed by atoms with Crippen LogP contribution in [0.1, 0.15) is 38.5 Å². The van der Waals surface area contributed by atoms with Crippen molar-refractivity contribution in [3.63, 3.8) is 0 Å². The lowest BCUT2D eigenvalue weighted by Gasteiger charge is -2.41. The van der Waals surface area contributed by atoms with E-state index in [0.717, 1.165) is 12.8 Å². The monoisotopic (exact) mass is 410 g/mol. The Morgan fingerprint density at radius 1 is 1.04 bits per heavy atom. The summed E-state index contributed by atoms with van der Waals surface area (Å²) in [6.45, 7) is -0.0966. The molecule has 1 unspecified atom stereocenters. The van der Waals surface area contributed by atoms with Crippen molar-refractivity contribution in [1.82, 2.24) is 9.80 Å². The molecule has 3 heterocycles. The zero-order valence-electron chi connectivity index (χ0n) is 14.7.